The molecule has 1 saturated heterocycles. The molecule has 4 N–H and O–H groups in total. The van der Waals surface area contributed by atoms with Gasteiger partial charge in [0.25, 0.3) is 5.91 Å². The van der Waals surface area contributed by atoms with Crippen LogP contribution in [0.3, 0.4) is 0 Å². The van der Waals surface area contributed by atoms with Gasteiger partial charge < -0.3 is 30.2 Å². The monoisotopic (exact) mass is 491 g/mol. The summed E-state index contributed by atoms with van der Waals surface area (Å²) in [6, 6.07) is 18.0. The van der Waals surface area contributed by atoms with Gasteiger partial charge in [-0.25, -0.2) is 0 Å². The highest BCUT2D eigenvalue weighted by molar-refractivity contribution is 6.43. The van der Waals surface area contributed by atoms with E-state index >= 15 is 0 Å². The highest BCUT2D eigenvalue weighted by Crippen LogP contribution is 2.17. The van der Waals surface area contributed by atoms with Gasteiger partial charge in [-0.2, -0.15) is 5.26 Å². The van der Waals surface area contributed by atoms with Gasteiger partial charge in [0.15, 0.2) is 0 Å². The standard InChI is InChI=1S/C26H30BN3O6/c28-18-21(26(32)29-22-9-12-35-13-10-22)15-20-7-4-8-23(16-20)36-14-11-25(31)30-24(27(33)34)17-19-5-2-1-3-6-19/h1-8,15-16,22,24,33-34H,9-14,17H2,(H,29,32)(H,30,31). The lowest BCUT2D eigenvalue weighted by molar-refractivity contribution is -0.122. The molecule has 36 heavy (non-hydrogen) atoms. The SMILES string of the molecule is N#CC(=Cc1cccc(OCCC(=O)NC(Cc2ccccc2)B(O)O)c1)C(=O)NC1CCOCC1. The van der Waals surface area contributed by atoms with E-state index in [4.69, 9.17) is 9.47 Å². The summed E-state index contributed by atoms with van der Waals surface area (Å²) in [5.41, 5.74) is 1.47. The minimum atomic E-state index is -1.70. The number of hydrogen-bond acceptors (Lipinski definition) is 7. The molecule has 188 valence electrons. The fraction of sp³-hybridized carbons (Fsp3) is 0.346. The van der Waals surface area contributed by atoms with Gasteiger partial charge in [-0.15, -0.1) is 0 Å². The summed E-state index contributed by atoms with van der Waals surface area (Å²) in [5.74, 6) is -1.17. The van der Waals surface area contributed by atoms with E-state index in [0.29, 0.717) is 37.4 Å². The molecule has 1 unspecified atom stereocenters. The first kappa shape index (κ1) is 27.0. The lowest BCUT2D eigenvalue weighted by Crippen LogP contribution is -2.48. The maximum Gasteiger partial charge on any atom is 0.475 e. The van der Waals surface area contributed by atoms with E-state index in [-0.39, 0.29) is 37.0 Å². The molecule has 2 aromatic rings. The van der Waals surface area contributed by atoms with Gasteiger partial charge in [0.05, 0.1) is 19.0 Å². The first-order valence-corrected chi connectivity index (χ1v) is 11.9. The zero-order chi connectivity index (χ0) is 25.8. The van der Waals surface area contributed by atoms with Crippen LogP contribution in [-0.2, 0) is 20.7 Å². The molecular formula is C26H30BN3O6. The zero-order valence-electron chi connectivity index (χ0n) is 19.9. The Balaban J connectivity index is 1.50. The minimum absolute atomic E-state index is 0.00896. The lowest BCUT2D eigenvalue weighted by Gasteiger charge is -2.22. The first-order chi connectivity index (χ1) is 17.4. The Bertz CT molecular complexity index is 1080. The molecule has 1 aliphatic heterocycles. The van der Waals surface area contributed by atoms with Crippen molar-refractivity contribution in [2.24, 2.45) is 0 Å². The van der Waals surface area contributed by atoms with Gasteiger partial charge in [0, 0.05) is 19.3 Å². The van der Waals surface area contributed by atoms with Crippen LogP contribution in [0, 0.1) is 11.3 Å². The number of carbonyl (C=O) groups excluding carboxylic acids is 2. The number of rotatable bonds is 11. The molecule has 1 fully saturated rings. The number of nitriles is 1. The van der Waals surface area contributed by atoms with Gasteiger partial charge in [0.2, 0.25) is 5.91 Å². The van der Waals surface area contributed by atoms with Crippen molar-refractivity contribution in [3.8, 4) is 11.8 Å². The Labute approximate surface area is 210 Å². The number of benzene rings is 2. The predicted octanol–water partition coefficient (Wildman–Crippen LogP) is 1.40. The molecule has 9 nitrogen and oxygen atoms in total. The second-order valence-corrected chi connectivity index (χ2v) is 8.48. The van der Waals surface area contributed by atoms with Crippen LogP contribution in [-0.4, -0.2) is 60.8 Å². The lowest BCUT2D eigenvalue weighted by atomic mass is 9.76. The molecule has 1 aliphatic rings. The topological polar surface area (TPSA) is 141 Å². The molecule has 0 spiro atoms. The van der Waals surface area contributed by atoms with Crippen LogP contribution in [0.2, 0.25) is 0 Å². The van der Waals surface area contributed by atoms with Crippen molar-refractivity contribution < 1.29 is 29.1 Å². The summed E-state index contributed by atoms with van der Waals surface area (Å²) >= 11 is 0. The molecule has 0 radical (unpaired) electrons. The highest BCUT2D eigenvalue weighted by Gasteiger charge is 2.25. The molecule has 0 bridgehead atoms. The summed E-state index contributed by atoms with van der Waals surface area (Å²) in [6.45, 7) is 1.23. The summed E-state index contributed by atoms with van der Waals surface area (Å²) in [6.07, 6.45) is 3.21. The number of carbonyl (C=O) groups is 2. The van der Waals surface area contributed by atoms with Crippen molar-refractivity contribution in [2.75, 3.05) is 19.8 Å². The summed E-state index contributed by atoms with van der Waals surface area (Å²) < 4.78 is 10.9. The van der Waals surface area contributed by atoms with Crippen LogP contribution in [0.15, 0.2) is 60.2 Å². The number of amides is 2. The fourth-order valence-electron chi connectivity index (χ4n) is 3.75. The molecule has 3 rings (SSSR count). The Morgan fingerprint density at radius 2 is 1.92 bits per heavy atom. The van der Waals surface area contributed by atoms with Crippen molar-refractivity contribution in [1.82, 2.24) is 10.6 Å². The quantitative estimate of drug-likeness (QED) is 0.212. The second-order valence-electron chi connectivity index (χ2n) is 8.48. The third kappa shape index (κ3) is 8.85. The van der Waals surface area contributed by atoms with E-state index in [1.54, 1.807) is 24.3 Å². The summed E-state index contributed by atoms with van der Waals surface area (Å²) in [7, 11) is -1.70. The average molecular weight is 491 g/mol. The fourth-order valence-corrected chi connectivity index (χ4v) is 3.75. The smallest absolute Gasteiger partial charge is 0.475 e. The van der Waals surface area contributed by atoms with Crippen molar-refractivity contribution in [3.63, 3.8) is 0 Å². The first-order valence-electron chi connectivity index (χ1n) is 11.9. The Hall–Kier alpha value is -3.65. The number of hydrogen-bond donors (Lipinski definition) is 4. The van der Waals surface area contributed by atoms with Gasteiger partial charge in [0.1, 0.15) is 17.4 Å². The van der Waals surface area contributed by atoms with E-state index in [1.165, 1.54) is 6.08 Å². The van der Waals surface area contributed by atoms with Crippen molar-refractivity contribution in [1.29, 1.82) is 5.26 Å². The highest BCUT2D eigenvalue weighted by atomic mass is 16.5. The molecule has 2 aromatic carbocycles. The van der Waals surface area contributed by atoms with Crippen LogP contribution in [0.4, 0.5) is 0 Å². The van der Waals surface area contributed by atoms with Crippen molar-refractivity contribution >= 4 is 25.0 Å². The minimum Gasteiger partial charge on any atom is -0.493 e. The van der Waals surface area contributed by atoms with Crippen LogP contribution in [0.5, 0.6) is 5.75 Å². The van der Waals surface area contributed by atoms with Crippen LogP contribution >= 0.6 is 0 Å². The number of nitrogens with zero attached hydrogens (tertiary/aromatic N) is 1. The predicted molar refractivity (Wildman–Crippen MR) is 134 cm³/mol. The Morgan fingerprint density at radius 1 is 1.17 bits per heavy atom. The zero-order valence-corrected chi connectivity index (χ0v) is 19.9. The normalized spacial score (nSPS) is 14.9. The number of nitrogens with one attached hydrogen (secondary N) is 2. The Morgan fingerprint density at radius 3 is 2.61 bits per heavy atom. The molecule has 0 aromatic heterocycles. The average Bonchev–Trinajstić information content (AvgIpc) is 2.88. The van der Waals surface area contributed by atoms with E-state index in [0.717, 1.165) is 5.56 Å². The second kappa shape index (κ2) is 14.0. The van der Waals surface area contributed by atoms with E-state index in [1.807, 2.05) is 36.4 Å². The maximum atomic E-state index is 12.5. The molecule has 1 heterocycles. The molecule has 2 amide bonds. The van der Waals surface area contributed by atoms with E-state index in [2.05, 4.69) is 10.6 Å². The molecular weight excluding hydrogens is 461 g/mol. The van der Waals surface area contributed by atoms with Crippen LogP contribution < -0.4 is 15.4 Å². The van der Waals surface area contributed by atoms with Gasteiger partial charge >= 0.3 is 7.12 Å². The summed E-state index contributed by atoms with van der Waals surface area (Å²) in [4.78, 5) is 24.8. The molecule has 10 heteroatoms. The van der Waals surface area contributed by atoms with Gasteiger partial charge in [-0.3, -0.25) is 9.59 Å². The summed E-state index contributed by atoms with van der Waals surface area (Å²) in [5, 5.41) is 34.2. The molecule has 0 saturated carbocycles. The third-order valence-corrected chi connectivity index (χ3v) is 5.69. The third-order valence-electron chi connectivity index (χ3n) is 5.69. The molecule has 1 atom stereocenters. The Kier molecular flexibility index (Phi) is 10.5. The van der Waals surface area contributed by atoms with E-state index < -0.39 is 19.0 Å². The van der Waals surface area contributed by atoms with E-state index in [9.17, 15) is 24.9 Å². The maximum absolute atomic E-state index is 12.5. The van der Waals surface area contributed by atoms with Crippen LogP contribution in [0.1, 0.15) is 30.4 Å². The van der Waals surface area contributed by atoms with Crippen LogP contribution in [0.25, 0.3) is 6.08 Å². The van der Waals surface area contributed by atoms with Gasteiger partial charge in [-0.05, 0) is 48.6 Å². The number of ether oxygens (including phenoxy) is 2. The van der Waals surface area contributed by atoms with Gasteiger partial charge in [-0.1, -0.05) is 42.5 Å². The largest absolute Gasteiger partial charge is 0.493 e. The van der Waals surface area contributed by atoms with Crippen molar-refractivity contribution in [2.45, 2.75) is 37.7 Å². The molecule has 0 aliphatic carbocycles. The van der Waals surface area contributed by atoms with Crippen molar-refractivity contribution in [3.05, 3.63) is 71.3 Å².